The van der Waals surface area contributed by atoms with E-state index in [1.807, 2.05) is 39.0 Å². The number of nitrogens with one attached hydrogen (secondary N) is 2. The number of hydrogen-bond donors (Lipinski definition) is 2. The minimum Gasteiger partial charge on any atom is -0.449 e. The van der Waals surface area contributed by atoms with Crippen LogP contribution in [-0.4, -0.2) is 18.2 Å². The van der Waals surface area contributed by atoms with Crippen molar-refractivity contribution < 1.29 is 9.53 Å². The number of carbonyl (C=O) groups is 1. The lowest BCUT2D eigenvalue weighted by Gasteiger charge is -2.20. The number of hydrazine groups is 1. The van der Waals surface area contributed by atoms with Gasteiger partial charge in [0.2, 0.25) is 0 Å². The Morgan fingerprint density at radius 2 is 1.89 bits per heavy atom. The van der Waals surface area contributed by atoms with Crippen LogP contribution in [0.1, 0.15) is 32.8 Å². The molecule has 4 nitrogen and oxygen atoms in total. The molecule has 0 bridgehead atoms. The van der Waals surface area contributed by atoms with Crippen LogP contribution in [0.25, 0.3) is 0 Å². The van der Waals surface area contributed by atoms with Crippen molar-refractivity contribution in [1.29, 1.82) is 0 Å². The zero-order chi connectivity index (χ0) is 13.4. The van der Waals surface area contributed by atoms with Gasteiger partial charge in [-0.15, -0.1) is 0 Å². The summed E-state index contributed by atoms with van der Waals surface area (Å²) >= 11 is 0. The summed E-state index contributed by atoms with van der Waals surface area (Å²) in [5.41, 5.74) is 6.46. The fraction of sp³-hybridized carbons (Fsp3) is 0.500. The normalized spacial score (nSPS) is 11.1. The van der Waals surface area contributed by atoms with E-state index in [2.05, 4.69) is 23.0 Å². The molecule has 0 aliphatic carbocycles. The average molecular weight is 250 g/mol. The van der Waals surface area contributed by atoms with Crippen LogP contribution < -0.4 is 10.9 Å². The highest BCUT2D eigenvalue weighted by atomic mass is 16.6. The van der Waals surface area contributed by atoms with E-state index in [-0.39, 0.29) is 5.54 Å². The highest BCUT2D eigenvalue weighted by molar-refractivity contribution is 5.66. The van der Waals surface area contributed by atoms with Crippen LogP contribution in [0.2, 0.25) is 0 Å². The quantitative estimate of drug-likeness (QED) is 0.624. The maximum atomic E-state index is 11.3. The first-order valence-corrected chi connectivity index (χ1v) is 6.21. The van der Waals surface area contributed by atoms with Gasteiger partial charge in [-0.25, -0.2) is 10.2 Å². The van der Waals surface area contributed by atoms with Gasteiger partial charge < -0.3 is 4.74 Å². The summed E-state index contributed by atoms with van der Waals surface area (Å²) < 4.78 is 5.05. The highest BCUT2D eigenvalue weighted by Gasteiger charge is 2.10. The number of amides is 1. The van der Waals surface area contributed by atoms with Crippen LogP contribution in [0.3, 0.4) is 0 Å². The predicted molar refractivity (Wildman–Crippen MR) is 72.1 cm³/mol. The molecular formula is C14H22N2O2. The van der Waals surface area contributed by atoms with Crippen molar-refractivity contribution in [1.82, 2.24) is 10.9 Å². The maximum absolute atomic E-state index is 11.3. The molecule has 4 heteroatoms. The molecule has 0 saturated carbocycles. The van der Waals surface area contributed by atoms with E-state index in [4.69, 9.17) is 4.74 Å². The summed E-state index contributed by atoms with van der Waals surface area (Å²) in [4.78, 5) is 11.3. The number of benzene rings is 1. The lowest BCUT2D eigenvalue weighted by Crippen LogP contribution is -2.49. The first-order chi connectivity index (χ1) is 8.47. The second-order valence-electron chi connectivity index (χ2n) is 5.23. The minimum absolute atomic E-state index is 0.164. The average Bonchev–Trinajstić information content (AvgIpc) is 2.33. The molecule has 100 valence electrons. The summed E-state index contributed by atoms with van der Waals surface area (Å²) in [7, 11) is 0. The zero-order valence-corrected chi connectivity index (χ0v) is 11.3. The largest absolute Gasteiger partial charge is 0.449 e. The Morgan fingerprint density at radius 1 is 1.22 bits per heavy atom. The topological polar surface area (TPSA) is 50.4 Å². The zero-order valence-electron chi connectivity index (χ0n) is 11.3. The molecule has 1 aromatic rings. The van der Waals surface area contributed by atoms with E-state index in [9.17, 15) is 4.79 Å². The van der Waals surface area contributed by atoms with Crippen LogP contribution in [-0.2, 0) is 11.2 Å². The van der Waals surface area contributed by atoms with Crippen molar-refractivity contribution in [3.63, 3.8) is 0 Å². The molecule has 0 aromatic heterocycles. The van der Waals surface area contributed by atoms with Gasteiger partial charge in [0.15, 0.2) is 0 Å². The van der Waals surface area contributed by atoms with E-state index in [1.165, 1.54) is 5.56 Å². The van der Waals surface area contributed by atoms with Crippen molar-refractivity contribution >= 4 is 6.09 Å². The lowest BCUT2D eigenvalue weighted by molar-refractivity contribution is 0.135. The third-order valence-electron chi connectivity index (χ3n) is 2.23. The first-order valence-electron chi connectivity index (χ1n) is 6.21. The van der Waals surface area contributed by atoms with Gasteiger partial charge in [-0.2, -0.15) is 0 Å². The highest BCUT2D eigenvalue weighted by Crippen LogP contribution is 2.02. The number of rotatable bonds is 5. The van der Waals surface area contributed by atoms with Gasteiger partial charge >= 0.3 is 6.09 Å². The van der Waals surface area contributed by atoms with Crippen molar-refractivity contribution in [2.24, 2.45) is 0 Å². The number of carbonyl (C=O) groups excluding carboxylic acids is 1. The molecular weight excluding hydrogens is 228 g/mol. The monoisotopic (exact) mass is 250 g/mol. The number of hydrogen-bond acceptors (Lipinski definition) is 3. The van der Waals surface area contributed by atoms with Gasteiger partial charge in [0.25, 0.3) is 0 Å². The van der Waals surface area contributed by atoms with E-state index in [0.29, 0.717) is 6.61 Å². The Morgan fingerprint density at radius 3 is 2.50 bits per heavy atom. The first kappa shape index (κ1) is 14.5. The van der Waals surface area contributed by atoms with Crippen LogP contribution in [0, 0.1) is 0 Å². The molecule has 0 aliphatic rings. The van der Waals surface area contributed by atoms with Gasteiger partial charge in [0.1, 0.15) is 0 Å². The third-order valence-corrected chi connectivity index (χ3v) is 2.23. The Bertz CT molecular complexity index is 358. The Hall–Kier alpha value is -1.55. The molecule has 0 radical (unpaired) electrons. The molecule has 1 aromatic carbocycles. The van der Waals surface area contributed by atoms with Crippen molar-refractivity contribution in [2.75, 3.05) is 6.61 Å². The molecule has 0 fully saturated rings. The molecule has 0 heterocycles. The molecule has 0 spiro atoms. The fourth-order valence-electron chi connectivity index (χ4n) is 1.36. The van der Waals surface area contributed by atoms with Gasteiger partial charge in [-0.3, -0.25) is 5.43 Å². The van der Waals surface area contributed by atoms with Crippen LogP contribution in [0.4, 0.5) is 4.79 Å². The van der Waals surface area contributed by atoms with Gasteiger partial charge in [-0.05, 0) is 39.2 Å². The molecule has 0 saturated heterocycles. The number of ether oxygens (including phenoxy) is 1. The van der Waals surface area contributed by atoms with Gasteiger partial charge in [0, 0.05) is 5.54 Å². The summed E-state index contributed by atoms with van der Waals surface area (Å²) in [6.07, 6.45) is 1.31. The maximum Gasteiger partial charge on any atom is 0.421 e. The Balaban J connectivity index is 2.09. The smallest absolute Gasteiger partial charge is 0.421 e. The molecule has 0 unspecified atom stereocenters. The minimum atomic E-state index is -0.432. The number of aryl methyl sites for hydroxylation is 1. The summed E-state index contributed by atoms with van der Waals surface area (Å²) in [6.45, 7) is 6.31. The second-order valence-corrected chi connectivity index (χ2v) is 5.23. The fourth-order valence-corrected chi connectivity index (χ4v) is 1.36. The lowest BCUT2D eigenvalue weighted by atomic mass is 10.1. The van der Waals surface area contributed by atoms with Crippen LogP contribution in [0.15, 0.2) is 30.3 Å². The predicted octanol–water partition coefficient (Wildman–Crippen LogP) is 2.65. The summed E-state index contributed by atoms with van der Waals surface area (Å²) in [6, 6.07) is 10.2. The molecule has 0 aliphatic heterocycles. The molecule has 2 N–H and O–H groups in total. The van der Waals surface area contributed by atoms with E-state index < -0.39 is 6.09 Å². The summed E-state index contributed by atoms with van der Waals surface area (Å²) in [5.74, 6) is 0. The Labute approximate surface area is 109 Å². The van der Waals surface area contributed by atoms with Crippen molar-refractivity contribution in [3.8, 4) is 0 Å². The van der Waals surface area contributed by atoms with Crippen molar-refractivity contribution in [2.45, 2.75) is 39.2 Å². The molecule has 18 heavy (non-hydrogen) atoms. The molecule has 1 rings (SSSR count). The van der Waals surface area contributed by atoms with E-state index in [0.717, 1.165) is 12.8 Å². The van der Waals surface area contributed by atoms with Crippen LogP contribution >= 0.6 is 0 Å². The molecule has 1 amide bonds. The Kier molecular flexibility index (Phi) is 5.65. The van der Waals surface area contributed by atoms with Crippen molar-refractivity contribution in [3.05, 3.63) is 35.9 Å². The van der Waals surface area contributed by atoms with Crippen LogP contribution in [0.5, 0.6) is 0 Å². The van der Waals surface area contributed by atoms with Gasteiger partial charge in [0.05, 0.1) is 6.61 Å². The van der Waals surface area contributed by atoms with Gasteiger partial charge in [-0.1, -0.05) is 30.3 Å². The second kappa shape index (κ2) is 7.01. The van der Waals surface area contributed by atoms with E-state index >= 15 is 0 Å². The summed E-state index contributed by atoms with van der Waals surface area (Å²) in [5, 5.41) is 0. The molecule has 0 atom stereocenters. The standard InChI is InChI=1S/C14H22N2O2/c1-14(2,3)16-15-13(17)18-11-7-10-12-8-5-4-6-9-12/h4-6,8-9,16H,7,10-11H2,1-3H3,(H,15,17). The third kappa shape index (κ3) is 6.91. The SMILES string of the molecule is CC(C)(C)NNC(=O)OCCCc1ccccc1. The van der Waals surface area contributed by atoms with E-state index in [1.54, 1.807) is 0 Å².